The van der Waals surface area contributed by atoms with E-state index in [1.807, 2.05) is 0 Å². The van der Waals surface area contributed by atoms with Crippen molar-refractivity contribution >= 4 is 13.9 Å². The van der Waals surface area contributed by atoms with Crippen molar-refractivity contribution in [3.8, 4) is 0 Å². The van der Waals surface area contributed by atoms with E-state index >= 15 is 0 Å². The zero-order valence-corrected chi connectivity index (χ0v) is 9.93. The van der Waals surface area contributed by atoms with E-state index < -0.39 is 8.03 Å². The van der Waals surface area contributed by atoms with Gasteiger partial charge < -0.3 is 9.79 Å². The number of carbonyl (C=O) groups excluding carboxylic acids is 1. The van der Waals surface area contributed by atoms with E-state index in [4.69, 9.17) is 0 Å². The van der Waals surface area contributed by atoms with E-state index in [0.717, 1.165) is 0 Å². The Morgan fingerprint density at radius 2 is 2.09 bits per heavy atom. The molecule has 0 aliphatic heterocycles. The zero-order valence-electron chi connectivity index (χ0n) is 7.03. The van der Waals surface area contributed by atoms with Gasteiger partial charge >= 0.3 is 37.6 Å². The Hall–Kier alpha value is 0.530. The van der Waals surface area contributed by atoms with Crippen LogP contribution in [-0.2, 0) is 9.36 Å². The third-order valence-corrected chi connectivity index (χ3v) is 1.69. The molecule has 0 aromatic rings. The largest absolute Gasteiger partial charge is 1.00 e. The summed E-state index contributed by atoms with van der Waals surface area (Å²) in [5.41, 5.74) is 0. The summed E-state index contributed by atoms with van der Waals surface area (Å²) in [6.45, 7) is 3.53. The summed E-state index contributed by atoms with van der Waals surface area (Å²) in [6.07, 6.45) is -0.166. The molecule has 0 saturated heterocycles. The summed E-state index contributed by atoms with van der Waals surface area (Å²) in [7, 11) is -2.47. The molecule has 0 fully saturated rings. The molecule has 0 N–H and O–H groups in total. The van der Waals surface area contributed by atoms with Crippen molar-refractivity contribution in [3.63, 3.8) is 0 Å². The minimum Gasteiger partial charge on any atom is -0.594 e. The Balaban J connectivity index is 0. The smallest absolute Gasteiger partial charge is 0.594 e. The van der Waals surface area contributed by atoms with Crippen LogP contribution in [0, 0.1) is 0 Å². The molecule has 58 valence electrons. The number of hydrogen-bond donors (Lipinski definition) is 0. The molecule has 0 spiro atoms. The molecule has 0 heterocycles. The third-order valence-electron chi connectivity index (χ3n) is 1.11. The number of nitrogens with zero attached hydrogens (tertiary/aromatic N) is 1. The number of amides is 1. The summed E-state index contributed by atoms with van der Waals surface area (Å²) < 4.78 is 10.1. The quantitative estimate of drug-likeness (QED) is 0.347. The molecule has 0 bridgehead atoms. The van der Waals surface area contributed by atoms with E-state index in [0.29, 0.717) is 6.54 Å². The van der Waals surface area contributed by atoms with Gasteiger partial charge in [0, 0.05) is 13.5 Å². The molecule has 6 heteroatoms. The molecule has 0 saturated carbocycles. The van der Waals surface area contributed by atoms with Crippen molar-refractivity contribution in [2.45, 2.75) is 13.8 Å². The summed E-state index contributed by atoms with van der Waals surface area (Å²) in [5.74, 6) is -0.207. The first-order chi connectivity index (χ1) is 4.57. The molecule has 0 rings (SSSR count). The normalized spacial score (nSPS) is 9.91. The summed E-state index contributed by atoms with van der Waals surface area (Å²) in [6, 6.07) is 0. The second-order valence-corrected chi connectivity index (χ2v) is 2.80. The molecule has 0 aliphatic rings. The summed E-state index contributed by atoms with van der Waals surface area (Å²) in [5, 5.41) is 0. The fourth-order valence-corrected chi connectivity index (χ4v) is 1.24. The second kappa shape index (κ2) is 7.19. The first-order valence-electron chi connectivity index (χ1n) is 2.95. The molecule has 1 amide bonds. The van der Waals surface area contributed by atoms with Crippen LogP contribution >= 0.6 is 8.03 Å². The molecule has 1 atom stereocenters. The Kier molecular flexibility index (Phi) is 9.21. The molecule has 0 aromatic heterocycles. The van der Waals surface area contributed by atoms with Crippen LogP contribution in [0.15, 0.2) is 0 Å². The minimum absolute atomic E-state index is 0. The number of hydrogen-bond acceptors (Lipinski definition) is 3. The molecule has 0 radical (unpaired) electrons. The van der Waals surface area contributed by atoms with Crippen LogP contribution in [0.3, 0.4) is 0 Å². The average molecular weight is 186 g/mol. The molecule has 0 aliphatic carbocycles. The monoisotopic (exact) mass is 186 g/mol. The van der Waals surface area contributed by atoms with Crippen molar-refractivity contribution in [3.05, 3.63) is 0 Å². The molecular weight excluding hydrogens is 176 g/mol. The van der Waals surface area contributed by atoms with Crippen LogP contribution in [0.1, 0.15) is 13.8 Å². The average Bonchev–Trinajstić information content (AvgIpc) is 1.81. The second-order valence-electron chi connectivity index (χ2n) is 1.85. The number of rotatable bonds is 3. The van der Waals surface area contributed by atoms with E-state index in [1.165, 1.54) is 11.8 Å². The van der Waals surface area contributed by atoms with Crippen LogP contribution in [0.5, 0.6) is 0 Å². The van der Waals surface area contributed by atoms with Gasteiger partial charge in [-0.25, -0.2) is 0 Å². The van der Waals surface area contributed by atoms with Gasteiger partial charge in [0.2, 0.25) is 12.2 Å². The third kappa shape index (κ3) is 6.91. The standard InChI is InChI=1S/C5H10NO3P.Na/c1-3-6(5(2)7)4-10(8)9;/h3-4H2,1-2H3;/q;+1. The van der Waals surface area contributed by atoms with E-state index in [-0.39, 0.29) is 41.8 Å². The summed E-state index contributed by atoms with van der Waals surface area (Å²) >= 11 is 0. The van der Waals surface area contributed by atoms with Crippen molar-refractivity contribution in [2.75, 3.05) is 12.8 Å². The molecule has 11 heavy (non-hydrogen) atoms. The van der Waals surface area contributed by atoms with Crippen LogP contribution in [0.4, 0.5) is 0 Å². The predicted molar refractivity (Wildman–Crippen MR) is 35.5 cm³/mol. The molecule has 4 nitrogen and oxygen atoms in total. The summed E-state index contributed by atoms with van der Waals surface area (Å²) in [4.78, 5) is 21.9. The van der Waals surface area contributed by atoms with Gasteiger partial charge in [-0.2, -0.15) is 0 Å². The van der Waals surface area contributed by atoms with Gasteiger partial charge in [0.1, 0.15) is 0 Å². The van der Waals surface area contributed by atoms with Gasteiger partial charge in [0.25, 0.3) is 0 Å². The Morgan fingerprint density at radius 1 is 1.64 bits per heavy atom. The molecule has 1 unspecified atom stereocenters. The van der Waals surface area contributed by atoms with E-state index in [1.54, 1.807) is 6.92 Å². The van der Waals surface area contributed by atoms with Gasteiger partial charge in [0.05, 0.1) is 0 Å². The SMILES string of the molecule is CCN(C[P+](=O)[O-])C(C)=O.[Na+]. The predicted octanol–water partition coefficient (Wildman–Crippen LogP) is -3.08. The van der Waals surface area contributed by atoms with Gasteiger partial charge in [-0.05, 0) is 6.92 Å². The first kappa shape index (κ1) is 14.1. The van der Waals surface area contributed by atoms with Crippen LogP contribution < -0.4 is 34.5 Å². The van der Waals surface area contributed by atoms with Gasteiger partial charge in [-0.15, -0.1) is 0 Å². The van der Waals surface area contributed by atoms with Crippen molar-refractivity contribution < 1.29 is 43.8 Å². The first-order valence-corrected chi connectivity index (χ1v) is 4.31. The Labute approximate surface area is 89.1 Å². The maximum atomic E-state index is 10.6. The maximum absolute atomic E-state index is 10.6. The van der Waals surface area contributed by atoms with Crippen LogP contribution in [0.2, 0.25) is 0 Å². The van der Waals surface area contributed by atoms with E-state index in [9.17, 15) is 14.3 Å². The fraction of sp³-hybridized carbons (Fsp3) is 0.800. The van der Waals surface area contributed by atoms with Crippen LogP contribution in [0.25, 0.3) is 0 Å². The fourth-order valence-electron chi connectivity index (χ4n) is 0.562. The van der Waals surface area contributed by atoms with Gasteiger partial charge in [-0.3, -0.25) is 4.79 Å². The molecular formula is C5H10NNaO3P+. The van der Waals surface area contributed by atoms with Crippen molar-refractivity contribution in [1.82, 2.24) is 4.90 Å². The maximum Gasteiger partial charge on any atom is 1.00 e. The Bertz CT molecular complexity index is 153. The van der Waals surface area contributed by atoms with Crippen molar-refractivity contribution in [1.29, 1.82) is 0 Å². The van der Waals surface area contributed by atoms with Crippen LogP contribution in [-0.4, -0.2) is 23.6 Å². The minimum atomic E-state index is -2.47. The Morgan fingerprint density at radius 3 is 2.18 bits per heavy atom. The molecule has 0 aromatic carbocycles. The van der Waals surface area contributed by atoms with Crippen molar-refractivity contribution in [2.24, 2.45) is 0 Å². The number of carbonyl (C=O) groups is 1. The van der Waals surface area contributed by atoms with Gasteiger partial charge in [0.15, 0.2) is 0 Å². The van der Waals surface area contributed by atoms with Gasteiger partial charge in [-0.1, -0.05) is 4.57 Å². The zero-order chi connectivity index (χ0) is 8.15. The van der Waals surface area contributed by atoms with E-state index in [2.05, 4.69) is 0 Å². The topological polar surface area (TPSA) is 60.4 Å².